The molecule has 0 unspecified atom stereocenters. The first-order valence-corrected chi connectivity index (χ1v) is 8.54. The summed E-state index contributed by atoms with van der Waals surface area (Å²) >= 11 is 3.47. The highest BCUT2D eigenvalue weighted by Crippen LogP contribution is 2.43. The number of aromatic nitrogens is 3. The van der Waals surface area contributed by atoms with E-state index in [1.165, 1.54) is 34.8 Å². The zero-order chi connectivity index (χ0) is 13.7. The average Bonchev–Trinajstić information content (AvgIpc) is 2.88. The molecule has 1 saturated carbocycles. The normalized spacial score (nSPS) is 14.9. The average molecular weight is 301 g/mol. The van der Waals surface area contributed by atoms with Crippen LogP contribution < -0.4 is 0 Å². The molecule has 0 N–H and O–H groups in total. The van der Waals surface area contributed by atoms with Crippen LogP contribution >= 0.6 is 22.7 Å². The highest BCUT2D eigenvalue weighted by Gasteiger charge is 2.27. The van der Waals surface area contributed by atoms with Crippen LogP contribution in [0.3, 0.4) is 0 Å². The van der Waals surface area contributed by atoms with Crippen molar-refractivity contribution in [2.45, 2.75) is 32.6 Å². The lowest BCUT2D eigenvalue weighted by molar-refractivity contribution is 0.950. The predicted molar refractivity (Wildman–Crippen MR) is 84.0 cm³/mol. The Bertz CT molecular complexity index is 748. The minimum atomic E-state index is 0.733. The maximum Gasteiger partial charge on any atom is 0.193 e. The summed E-state index contributed by atoms with van der Waals surface area (Å²) in [6.45, 7) is 4.28. The topological polar surface area (TPSA) is 30.7 Å². The fourth-order valence-corrected chi connectivity index (χ4v) is 4.31. The Hall–Kier alpha value is -1.46. The van der Waals surface area contributed by atoms with Crippen molar-refractivity contribution < 1.29 is 0 Å². The molecule has 0 saturated heterocycles. The van der Waals surface area contributed by atoms with Gasteiger partial charge in [-0.1, -0.05) is 0 Å². The molecule has 0 atom stereocenters. The van der Waals surface area contributed by atoms with E-state index in [2.05, 4.69) is 34.8 Å². The van der Waals surface area contributed by atoms with E-state index in [0.717, 1.165) is 16.7 Å². The lowest BCUT2D eigenvalue weighted by Gasteiger charge is -2.04. The van der Waals surface area contributed by atoms with Crippen molar-refractivity contribution >= 4 is 22.7 Å². The molecule has 1 aliphatic rings. The van der Waals surface area contributed by atoms with Crippen molar-refractivity contribution in [3.63, 3.8) is 0 Å². The van der Waals surface area contributed by atoms with Crippen LogP contribution in [-0.2, 0) is 0 Å². The lowest BCUT2D eigenvalue weighted by atomic mass is 10.2. The smallest absolute Gasteiger partial charge is 0.193 e. The summed E-state index contributed by atoms with van der Waals surface area (Å²) < 4.78 is 2.22. The molecule has 20 heavy (non-hydrogen) atoms. The van der Waals surface area contributed by atoms with Gasteiger partial charge in [0, 0.05) is 39.8 Å². The van der Waals surface area contributed by atoms with Crippen LogP contribution in [0, 0.1) is 13.8 Å². The molecule has 0 amide bonds. The molecule has 102 valence electrons. The van der Waals surface area contributed by atoms with E-state index in [-0.39, 0.29) is 0 Å². The van der Waals surface area contributed by atoms with Gasteiger partial charge in [-0.3, -0.25) is 4.57 Å². The van der Waals surface area contributed by atoms with Crippen molar-refractivity contribution in [3.8, 4) is 16.4 Å². The zero-order valence-corrected chi connectivity index (χ0v) is 13.1. The van der Waals surface area contributed by atoms with Gasteiger partial charge in [0.05, 0.1) is 10.7 Å². The van der Waals surface area contributed by atoms with Gasteiger partial charge in [0.25, 0.3) is 0 Å². The standard InChI is InChI=1S/C15H15N3S2/c1-9-7-12(10(2)18(9)15-16-5-6-19-15)13-8-20-14(17-13)11-3-4-11/h5-8,11H,3-4H2,1-2H3. The van der Waals surface area contributed by atoms with Crippen LogP contribution in [0.1, 0.15) is 35.2 Å². The first-order chi connectivity index (χ1) is 9.74. The van der Waals surface area contributed by atoms with E-state index in [9.17, 15) is 0 Å². The molecule has 1 fully saturated rings. The number of rotatable bonds is 3. The molecule has 1 aliphatic carbocycles. The second kappa shape index (κ2) is 4.53. The van der Waals surface area contributed by atoms with Gasteiger partial charge >= 0.3 is 0 Å². The van der Waals surface area contributed by atoms with Gasteiger partial charge < -0.3 is 0 Å². The SMILES string of the molecule is Cc1cc(-c2csc(C3CC3)n2)c(C)n1-c1nccs1. The maximum absolute atomic E-state index is 4.83. The summed E-state index contributed by atoms with van der Waals surface area (Å²) in [5.41, 5.74) is 4.80. The molecule has 3 nitrogen and oxygen atoms in total. The zero-order valence-electron chi connectivity index (χ0n) is 11.5. The summed E-state index contributed by atoms with van der Waals surface area (Å²) in [6, 6.07) is 2.22. The molecular weight excluding hydrogens is 286 g/mol. The van der Waals surface area contributed by atoms with E-state index < -0.39 is 0 Å². The summed E-state index contributed by atoms with van der Waals surface area (Å²) in [6.07, 6.45) is 4.47. The predicted octanol–water partition coefficient (Wildman–Crippen LogP) is 4.55. The first-order valence-electron chi connectivity index (χ1n) is 6.78. The number of aryl methyl sites for hydroxylation is 1. The highest BCUT2D eigenvalue weighted by molar-refractivity contribution is 7.12. The van der Waals surface area contributed by atoms with Gasteiger partial charge in [0.1, 0.15) is 0 Å². The Labute approximate surface area is 126 Å². The van der Waals surface area contributed by atoms with Gasteiger partial charge in [-0.25, -0.2) is 9.97 Å². The fourth-order valence-electron chi connectivity index (χ4n) is 2.57. The third-order valence-electron chi connectivity index (χ3n) is 3.77. The molecule has 3 aromatic rings. The van der Waals surface area contributed by atoms with Gasteiger partial charge in [0.15, 0.2) is 5.13 Å². The molecule has 0 radical (unpaired) electrons. The lowest BCUT2D eigenvalue weighted by Crippen LogP contribution is -1.97. The van der Waals surface area contributed by atoms with Crippen molar-refractivity contribution in [2.24, 2.45) is 0 Å². The van der Waals surface area contributed by atoms with E-state index in [1.807, 2.05) is 11.6 Å². The Balaban J connectivity index is 1.80. The Morgan fingerprint density at radius 1 is 1.25 bits per heavy atom. The fraction of sp³-hybridized carbons (Fsp3) is 0.333. The van der Waals surface area contributed by atoms with Crippen molar-refractivity contribution in [1.29, 1.82) is 0 Å². The van der Waals surface area contributed by atoms with Crippen LogP contribution in [0.4, 0.5) is 0 Å². The summed E-state index contributed by atoms with van der Waals surface area (Å²) in [4.78, 5) is 9.25. The number of thiazole rings is 2. The molecule has 5 heteroatoms. The first kappa shape index (κ1) is 12.3. The molecule has 4 rings (SSSR count). The van der Waals surface area contributed by atoms with Crippen LogP contribution in [0.25, 0.3) is 16.4 Å². The molecule has 3 aromatic heterocycles. The van der Waals surface area contributed by atoms with Gasteiger partial charge in [-0.2, -0.15) is 0 Å². The van der Waals surface area contributed by atoms with Crippen molar-refractivity contribution in [3.05, 3.63) is 39.4 Å². The third kappa shape index (κ3) is 1.93. The Morgan fingerprint density at radius 2 is 2.10 bits per heavy atom. The largest absolute Gasteiger partial charge is 0.294 e. The van der Waals surface area contributed by atoms with Crippen molar-refractivity contribution in [2.75, 3.05) is 0 Å². The Kier molecular flexibility index (Phi) is 2.79. The third-order valence-corrected chi connectivity index (χ3v) is 5.53. The van der Waals surface area contributed by atoms with E-state index in [1.54, 1.807) is 22.7 Å². The van der Waals surface area contributed by atoms with Crippen LogP contribution in [0.2, 0.25) is 0 Å². The molecule has 0 aromatic carbocycles. The second-order valence-corrected chi connectivity index (χ2v) is 7.04. The minimum absolute atomic E-state index is 0.733. The number of hydrogen-bond acceptors (Lipinski definition) is 4. The molecular formula is C15H15N3S2. The highest BCUT2D eigenvalue weighted by atomic mass is 32.1. The van der Waals surface area contributed by atoms with Crippen LogP contribution in [0.5, 0.6) is 0 Å². The van der Waals surface area contributed by atoms with Crippen molar-refractivity contribution in [1.82, 2.24) is 14.5 Å². The van der Waals surface area contributed by atoms with E-state index >= 15 is 0 Å². The quantitative estimate of drug-likeness (QED) is 0.710. The summed E-state index contributed by atoms with van der Waals surface area (Å²) in [5, 5.41) is 6.55. The van der Waals surface area contributed by atoms with E-state index in [4.69, 9.17) is 4.98 Å². The number of nitrogens with zero attached hydrogens (tertiary/aromatic N) is 3. The molecule has 0 spiro atoms. The Morgan fingerprint density at radius 3 is 2.80 bits per heavy atom. The minimum Gasteiger partial charge on any atom is -0.294 e. The van der Waals surface area contributed by atoms with Gasteiger partial charge in [-0.15, -0.1) is 22.7 Å². The monoisotopic (exact) mass is 301 g/mol. The van der Waals surface area contributed by atoms with Crippen LogP contribution in [-0.4, -0.2) is 14.5 Å². The number of hydrogen-bond donors (Lipinski definition) is 0. The van der Waals surface area contributed by atoms with E-state index in [0.29, 0.717) is 0 Å². The maximum atomic E-state index is 4.83. The summed E-state index contributed by atoms with van der Waals surface area (Å²) in [7, 11) is 0. The van der Waals surface area contributed by atoms with Crippen LogP contribution in [0.15, 0.2) is 23.0 Å². The van der Waals surface area contributed by atoms with Gasteiger partial charge in [0.2, 0.25) is 0 Å². The van der Waals surface area contributed by atoms with Gasteiger partial charge in [-0.05, 0) is 32.8 Å². The second-order valence-electron chi connectivity index (χ2n) is 5.28. The molecule has 3 heterocycles. The molecule has 0 bridgehead atoms. The molecule has 0 aliphatic heterocycles. The summed E-state index contributed by atoms with van der Waals surface area (Å²) in [5.74, 6) is 0.733.